The third-order valence-electron chi connectivity index (χ3n) is 5.69. The summed E-state index contributed by atoms with van der Waals surface area (Å²) in [6.07, 6.45) is 2.76. The van der Waals surface area contributed by atoms with Crippen LogP contribution in [-0.4, -0.2) is 32.1 Å². The first-order valence-electron chi connectivity index (χ1n) is 12.0. The van der Waals surface area contributed by atoms with E-state index in [2.05, 4.69) is 20.6 Å². The molecule has 39 heavy (non-hydrogen) atoms. The van der Waals surface area contributed by atoms with Gasteiger partial charge in [0.1, 0.15) is 0 Å². The van der Waals surface area contributed by atoms with Crippen LogP contribution < -0.4 is 16.4 Å². The maximum Gasteiger partial charge on any atom is 0.304 e. The third-order valence-corrected chi connectivity index (χ3v) is 7.37. The largest absolute Gasteiger partial charge is 0.481 e. The molecule has 4 aromatic rings. The molecule has 0 saturated heterocycles. The summed E-state index contributed by atoms with van der Waals surface area (Å²) in [5.41, 5.74) is 9.10. The minimum absolute atomic E-state index is 0.258. The van der Waals surface area contributed by atoms with Gasteiger partial charge in [0, 0.05) is 34.2 Å². The molecule has 1 aromatic heterocycles. The minimum atomic E-state index is -1.69. The SMILES string of the molecule is NC(=NCc1ccccc1)Nc1ccc(C(=O)Nc2cccc(S(=O)[C@@H](CC(=O)O)c3cccnc3)c2)cc1. The number of amides is 1. The van der Waals surface area contributed by atoms with E-state index in [0.29, 0.717) is 33.9 Å². The number of nitrogens with one attached hydrogen (secondary N) is 2. The summed E-state index contributed by atoms with van der Waals surface area (Å²) in [6.45, 7) is 0.448. The van der Waals surface area contributed by atoms with Crippen molar-refractivity contribution in [3.63, 3.8) is 0 Å². The summed E-state index contributed by atoms with van der Waals surface area (Å²) in [6, 6.07) is 26.4. The molecular formula is C29H27N5O4S. The Hall–Kier alpha value is -4.83. The molecule has 2 atom stereocenters. The number of anilines is 2. The van der Waals surface area contributed by atoms with Gasteiger partial charge >= 0.3 is 5.97 Å². The average molecular weight is 542 g/mol. The Kier molecular flexibility index (Phi) is 9.15. The number of carboxylic acid groups (broad SMARTS) is 1. The van der Waals surface area contributed by atoms with E-state index < -0.39 is 22.0 Å². The summed E-state index contributed by atoms with van der Waals surface area (Å²) in [5, 5.41) is 14.4. The highest BCUT2D eigenvalue weighted by Gasteiger charge is 2.24. The van der Waals surface area contributed by atoms with E-state index in [-0.39, 0.29) is 18.3 Å². The monoisotopic (exact) mass is 541 g/mol. The van der Waals surface area contributed by atoms with Gasteiger partial charge in [-0.25, -0.2) is 4.99 Å². The van der Waals surface area contributed by atoms with Crippen molar-refractivity contribution >= 4 is 40.0 Å². The number of nitrogens with two attached hydrogens (primary N) is 1. The fraction of sp³-hybridized carbons (Fsp3) is 0.103. The van der Waals surface area contributed by atoms with Gasteiger partial charge in [-0.15, -0.1) is 0 Å². The standard InChI is InChI=1S/C29H27N5O4S/c30-29(32-18-20-6-2-1-3-7-20)34-23-13-11-21(12-14-23)28(37)33-24-9-4-10-25(16-24)39(38)26(17-27(35)36)22-8-5-15-31-19-22/h1-16,19,26H,17-18H2,(H,33,37)(H,35,36)(H3,30,32,34)/t26-,39?/m0/s1. The van der Waals surface area contributed by atoms with Gasteiger partial charge in [0.25, 0.3) is 5.91 Å². The Morgan fingerprint density at radius 3 is 2.38 bits per heavy atom. The summed E-state index contributed by atoms with van der Waals surface area (Å²) in [7, 11) is -1.69. The molecular weight excluding hydrogens is 514 g/mol. The molecule has 0 fully saturated rings. The Bertz CT molecular complexity index is 1480. The Morgan fingerprint density at radius 1 is 0.923 bits per heavy atom. The number of guanidine groups is 1. The number of benzene rings is 3. The normalized spacial score (nSPS) is 12.8. The van der Waals surface area contributed by atoms with Gasteiger partial charge in [0.2, 0.25) is 0 Å². The number of aliphatic imine (C=N–C) groups is 1. The summed E-state index contributed by atoms with van der Waals surface area (Å²) >= 11 is 0. The van der Waals surface area contributed by atoms with Crippen molar-refractivity contribution in [3.05, 3.63) is 120 Å². The molecule has 198 valence electrons. The van der Waals surface area contributed by atoms with E-state index in [0.717, 1.165) is 5.56 Å². The second-order valence-corrected chi connectivity index (χ2v) is 10.2. The smallest absolute Gasteiger partial charge is 0.304 e. The van der Waals surface area contributed by atoms with Gasteiger partial charge in [-0.05, 0) is 59.7 Å². The van der Waals surface area contributed by atoms with Gasteiger partial charge in [0.05, 0.1) is 29.0 Å². The van der Waals surface area contributed by atoms with Crippen LogP contribution >= 0.6 is 0 Å². The molecule has 0 radical (unpaired) electrons. The van der Waals surface area contributed by atoms with E-state index in [9.17, 15) is 18.9 Å². The van der Waals surface area contributed by atoms with E-state index >= 15 is 0 Å². The average Bonchev–Trinajstić information content (AvgIpc) is 2.96. The molecule has 0 bridgehead atoms. The predicted octanol–water partition coefficient (Wildman–Crippen LogP) is 4.58. The van der Waals surface area contributed by atoms with Crippen LogP contribution in [0, 0.1) is 0 Å². The maximum atomic E-state index is 13.3. The van der Waals surface area contributed by atoms with E-state index in [1.165, 1.54) is 6.20 Å². The highest BCUT2D eigenvalue weighted by Crippen LogP contribution is 2.29. The summed E-state index contributed by atoms with van der Waals surface area (Å²) in [5.74, 6) is -1.17. The van der Waals surface area contributed by atoms with E-state index in [4.69, 9.17) is 5.73 Å². The fourth-order valence-corrected chi connectivity index (χ4v) is 5.23. The van der Waals surface area contributed by atoms with Crippen LogP contribution in [0.1, 0.15) is 33.2 Å². The van der Waals surface area contributed by atoms with Crippen LogP contribution in [0.2, 0.25) is 0 Å². The van der Waals surface area contributed by atoms with Crippen LogP contribution in [-0.2, 0) is 22.1 Å². The molecule has 5 N–H and O–H groups in total. The maximum absolute atomic E-state index is 13.3. The van der Waals surface area contributed by atoms with Crippen molar-refractivity contribution in [1.29, 1.82) is 0 Å². The summed E-state index contributed by atoms with van der Waals surface area (Å²) < 4.78 is 13.3. The minimum Gasteiger partial charge on any atom is -0.481 e. The van der Waals surface area contributed by atoms with Crippen molar-refractivity contribution < 1.29 is 18.9 Å². The Morgan fingerprint density at radius 2 is 1.69 bits per heavy atom. The lowest BCUT2D eigenvalue weighted by Gasteiger charge is -2.15. The second kappa shape index (κ2) is 13.1. The molecule has 9 nitrogen and oxygen atoms in total. The Balaban J connectivity index is 1.40. The number of aromatic nitrogens is 1. The lowest BCUT2D eigenvalue weighted by molar-refractivity contribution is -0.137. The number of aliphatic carboxylic acids is 1. The lowest BCUT2D eigenvalue weighted by atomic mass is 10.1. The zero-order valence-electron chi connectivity index (χ0n) is 20.9. The molecule has 4 rings (SSSR count). The van der Waals surface area contributed by atoms with Gasteiger partial charge in [-0.2, -0.15) is 0 Å². The van der Waals surface area contributed by atoms with Crippen LogP contribution in [0.5, 0.6) is 0 Å². The van der Waals surface area contributed by atoms with Crippen LogP contribution in [0.15, 0.2) is 113 Å². The molecule has 3 aromatic carbocycles. The second-order valence-electron chi connectivity index (χ2n) is 8.54. The number of carbonyl (C=O) groups is 2. The first kappa shape index (κ1) is 27.2. The quantitative estimate of drug-likeness (QED) is 0.170. The van der Waals surface area contributed by atoms with Crippen molar-refractivity contribution in [2.45, 2.75) is 23.1 Å². The number of rotatable bonds is 10. The zero-order valence-corrected chi connectivity index (χ0v) is 21.7. The van der Waals surface area contributed by atoms with Crippen molar-refractivity contribution in [1.82, 2.24) is 4.98 Å². The number of pyridine rings is 1. The van der Waals surface area contributed by atoms with Crippen molar-refractivity contribution in [2.75, 3.05) is 10.6 Å². The topological polar surface area (TPSA) is 147 Å². The molecule has 0 aliphatic rings. The highest BCUT2D eigenvalue weighted by atomic mass is 32.2. The van der Waals surface area contributed by atoms with E-state index in [1.807, 2.05) is 30.3 Å². The molecule has 0 aliphatic heterocycles. The number of hydrogen-bond acceptors (Lipinski definition) is 5. The van der Waals surface area contributed by atoms with Crippen LogP contribution in [0.3, 0.4) is 0 Å². The third kappa shape index (κ3) is 7.83. The van der Waals surface area contributed by atoms with Gasteiger partial charge in [-0.1, -0.05) is 42.5 Å². The Labute approximate surface area is 228 Å². The predicted molar refractivity (Wildman–Crippen MR) is 152 cm³/mol. The number of carboxylic acids is 1. The molecule has 1 amide bonds. The lowest BCUT2D eigenvalue weighted by Crippen LogP contribution is -2.22. The number of carbonyl (C=O) groups excluding carboxylic acids is 1. The first-order valence-corrected chi connectivity index (χ1v) is 13.2. The van der Waals surface area contributed by atoms with Crippen LogP contribution in [0.4, 0.5) is 11.4 Å². The molecule has 1 unspecified atom stereocenters. The molecule has 10 heteroatoms. The van der Waals surface area contributed by atoms with Gasteiger partial charge in [-0.3, -0.25) is 18.8 Å². The summed E-state index contributed by atoms with van der Waals surface area (Å²) in [4.78, 5) is 33.0. The number of nitrogens with zero attached hydrogens (tertiary/aromatic N) is 2. The van der Waals surface area contributed by atoms with E-state index in [1.54, 1.807) is 66.9 Å². The van der Waals surface area contributed by atoms with Crippen molar-refractivity contribution in [2.24, 2.45) is 10.7 Å². The zero-order chi connectivity index (χ0) is 27.6. The van der Waals surface area contributed by atoms with Crippen molar-refractivity contribution in [3.8, 4) is 0 Å². The van der Waals surface area contributed by atoms with Gasteiger partial charge < -0.3 is 21.5 Å². The highest BCUT2D eigenvalue weighted by molar-refractivity contribution is 7.85. The van der Waals surface area contributed by atoms with Crippen LogP contribution in [0.25, 0.3) is 0 Å². The number of hydrogen-bond donors (Lipinski definition) is 4. The molecule has 0 spiro atoms. The fourth-order valence-electron chi connectivity index (χ4n) is 3.76. The molecule has 0 aliphatic carbocycles. The first-order chi connectivity index (χ1) is 18.9. The molecule has 0 saturated carbocycles. The molecule has 1 heterocycles. The van der Waals surface area contributed by atoms with Gasteiger partial charge in [0.15, 0.2) is 5.96 Å².